The van der Waals surface area contributed by atoms with Crippen molar-refractivity contribution in [2.75, 3.05) is 19.6 Å². The van der Waals surface area contributed by atoms with Crippen LogP contribution in [0.1, 0.15) is 6.42 Å². The van der Waals surface area contributed by atoms with Crippen LogP contribution >= 0.6 is 0 Å². The highest BCUT2D eigenvalue weighted by molar-refractivity contribution is 4.98. The molecule has 0 unspecified atom stereocenters. The molecule has 2 aliphatic heterocycles. The van der Waals surface area contributed by atoms with Gasteiger partial charge in [-0.1, -0.05) is 0 Å². The highest BCUT2D eigenvalue weighted by atomic mass is 19.3. The van der Waals surface area contributed by atoms with Crippen LogP contribution in [-0.4, -0.2) is 31.6 Å². The highest BCUT2D eigenvalue weighted by Gasteiger charge is 2.48. The predicted molar refractivity (Wildman–Crippen MR) is 37.7 cm³/mol. The monoisotopic (exact) mass is 162 g/mol. The fourth-order valence-corrected chi connectivity index (χ4v) is 1.95. The molecule has 0 aliphatic carbocycles. The largest absolute Gasteiger partial charge is 0.315 e. The Hall–Kier alpha value is -0.220. The van der Waals surface area contributed by atoms with Gasteiger partial charge >= 0.3 is 0 Å². The van der Waals surface area contributed by atoms with Crippen molar-refractivity contribution in [3.63, 3.8) is 0 Å². The van der Waals surface area contributed by atoms with Crippen LogP contribution < -0.4 is 10.6 Å². The van der Waals surface area contributed by atoms with E-state index in [0.717, 1.165) is 0 Å². The van der Waals surface area contributed by atoms with E-state index in [1.54, 1.807) is 0 Å². The first-order chi connectivity index (χ1) is 5.20. The van der Waals surface area contributed by atoms with Gasteiger partial charge < -0.3 is 10.6 Å². The lowest BCUT2D eigenvalue weighted by molar-refractivity contribution is -0.0814. The van der Waals surface area contributed by atoms with Gasteiger partial charge in [-0.2, -0.15) is 0 Å². The van der Waals surface area contributed by atoms with E-state index in [1.165, 1.54) is 0 Å². The summed E-state index contributed by atoms with van der Waals surface area (Å²) in [7, 11) is 0. The van der Waals surface area contributed by atoms with Gasteiger partial charge in [-0.25, -0.2) is 8.78 Å². The lowest BCUT2D eigenvalue weighted by Gasteiger charge is -2.33. The van der Waals surface area contributed by atoms with E-state index in [9.17, 15) is 8.78 Å². The Kier molecular flexibility index (Phi) is 1.61. The Morgan fingerprint density at radius 3 is 2.82 bits per heavy atom. The fraction of sp³-hybridized carbons (Fsp3) is 1.00. The van der Waals surface area contributed by atoms with E-state index in [1.807, 2.05) is 0 Å². The summed E-state index contributed by atoms with van der Waals surface area (Å²) in [5, 5.41) is 6.07. The van der Waals surface area contributed by atoms with E-state index >= 15 is 0 Å². The van der Waals surface area contributed by atoms with Crippen molar-refractivity contribution >= 4 is 0 Å². The standard InChI is InChI=1S/C7H12F2N2/c8-7(9)1-2-11-6-4-10-3-5(6)7/h5-6,10-11H,1-4H2/t5-,6+/m1/s1. The van der Waals surface area contributed by atoms with Gasteiger partial charge in [0, 0.05) is 32.1 Å². The molecule has 0 aromatic rings. The third-order valence-electron chi connectivity index (χ3n) is 2.62. The van der Waals surface area contributed by atoms with E-state index < -0.39 is 11.8 Å². The first kappa shape index (κ1) is 7.43. The van der Waals surface area contributed by atoms with Crippen LogP contribution in [0.3, 0.4) is 0 Å². The van der Waals surface area contributed by atoms with Gasteiger partial charge in [0.05, 0.1) is 5.92 Å². The van der Waals surface area contributed by atoms with Crippen LogP contribution in [0.15, 0.2) is 0 Å². The average Bonchev–Trinajstić information content (AvgIpc) is 2.34. The molecule has 2 N–H and O–H groups in total. The van der Waals surface area contributed by atoms with Crippen LogP contribution in [0, 0.1) is 5.92 Å². The molecular weight excluding hydrogens is 150 g/mol. The van der Waals surface area contributed by atoms with Gasteiger partial charge in [-0.05, 0) is 0 Å². The smallest absolute Gasteiger partial charge is 0.254 e. The van der Waals surface area contributed by atoms with Crippen molar-refractivity contribution in [3.8, 4) is 0 Å². The van der Waals surface area contributed by atoms with Crippen LogP contribution in [0.2, 0.25) is 0 Å². The van der Waals surface area contributed by atoms with E-state index in [4.69, 9.17) is 0 Å². The van der Waals surface area contributed by atoms with Crippen LogP contribution in [0.5, 0.6) is 0 Å². The molecule has 0 aromatic heterocycles. The minimum Gasteiger partial charge on any atom is -0.315 e. The van der Waals surface area contributed by atoms with Crippen molar-refractivity contribution in [1.29, 1.82) is 0 Å². The first-order valence-corrected chi connectivity index (χ1v) is 4.02. The second kappa shape index (κ2) is 2.38. The SMILES string of the molecule is FC1(F)CCN[C@H]2CNC[C@H]21. The maximum Gasteiger partial charge on any atom is 0.254 e. The van der Waals surface area contributed by atoms with Crippen molar-refractivity contribution < 1.29 is 8.78 Å². The number of alkyl halides is 2. The average molecular weight is 162 g/mol. The van der Waals surface area contributed by atoms with Crippen molar-refractivity contribution in [2.24, 2.45) is 5.92 Å². The van der Waals surface area contributed by atoms with Crippen molar-refractivity contribution in [3.05, 3.63) is 0 Å². The van der Waals surface area contributed by atoms with Gasteiger partial charge in [0.25, 0.3) is 5.92 Å². The number of fused-ring (bicyclic) bond motifs is 1. The van der Waals surface area contributed by atoms with Crippen molar-refractivity contribution in [1.82, 2.24) is 10.6 Å². The second-order valence-corrected chi connectivity index (χ2v) is 3.34. The molecule has 2 fully saturated rings. The zero-order valence-electron chi connectivity index (χ0n) is 6.24. The summed E-state index contributed by atoms with van der Waals surface area (Å²) in [6.07, 6.45) is -0.00412. The Morgan fingerprint density at radius 2 is 2.09 bits per heavy atom. The highest BCUT2D eigenvalue weighted by Crippen LogP contribution is 2.34. The summed E-state index contributed by atoms with van der Waals surface area (Å²) in [6, 6.07) is -0.00116. The molecule has 64 valence electrons. The Morgan fingerprint density at radius 1 is 1.27 bits per heavy atom. The summed E-state index contributed by atoms with van der Waals surface area (Å²) in [5.41, 5.74) is 0. The summed E-state index contributed by atoms with van der Waals surface area (Å²) in [4.78, 5) is 0. The molecule has 11 heavy (non-hydrogen) atoms. The minimum absolute atomic E-state index is 0.00116. The molecular formula is C7H12F2N2. The zero-order chi connectivity index (χ0) is 7.90. The molecule has 2 heterocycles. The molecule has 4 heteroatoms. The Balaban J connectivity index is 2.13. The molecule has 2 nitrogen and oxygen atoms in total. The van der Waals surface area contributed by atoms with E-state index in [-0.39, 0.29) is 12.5 Å². The van der Waals surface area contributed by atoms with Crippen molar-refractivity contribution in [2.45, 2.75) is 18.4 Å². The quantitative estimate of drug-likeness (QED) is 0.532. The van der Waals surface area contributed by atoms with Gasteiger partial charge in [-0.3, -0.25) is 0 Å². The maximum absolute atomic E-state index is 13.1. The normalized spacial score (nSPS) is 42.0. The predicted octanol–water partition coefficient (Wildman–Crippen LogP) is 0.203. The number of hydrogen-bond acceptors (Lipinski definition) is 2. The number of hydrogen-bond donors (Lipinski definition) is 2. The van der Waals surface area contributed by atoms with Crippen LogP contribution in [0.25, 0.3) is 0 Å². The summed E-state index contributed by atoms with van der Waals surface area (Å²) < 4.78 is 26.2. The summed E-state index contributed by atoms with van der Waals surface area (Å²) in [6.45, 7) is 1.61. The molecule has 2 atom stereocenters. The summed E-state index contributed by atoms with van der Waals surface area (Å²) in [5.74, 6) is -2.92. The molecule has 2 aliphatic rings. The van der Waals surface area contributed by atoms with Gasteiger partial charge in [0.1, 0.15) is 0 Å². The topological polar surface area (TPSA) is 24.1 Å². The third-order valence-corrected chi connectivity index (χ3v) is 2.62. The number of nitrogens with one attached hydrogen (secondary N) is 2. The number of halogens is 2. The number of piperidine rings is 1. The van der Waals surface area contributed by atoms with E-state index in [2.05, 4.69) is 10.6 Å². The van der Waals surface area contributed by atoms with Gasteiger partial charge in [0.15, 0.2) is 0 Å². The fourth-order valence-electron chi connectivity index (χ4n) is 1.95. The molecule has 0 spiro atoms. The molecule has 0 radical (unpaired) electrons. The lowest BCUT2D eigenvalue weighted by Crippen LogP contribution is -2.51. The molecule has 0 amide bonds. The first-order valence-electron chi connectivity index (χ1n) is 4.02. The minimum atomic E-state index is -2.45. The molecule has 0 aromatic carbocycles. The number of rotatable bonds is 0. The molecule has 0 saturated carbocycles. The molecule has 2 saturated heterocycles. The zero-order valence-corrected chi connectivity index (χ0v) is 6.24. The maximum atomic E-state index is 13.1. The van der Waals surface area contributed by atoms with E-state index in [0.29, 0.717) is 19.6 Å². The lowest BCUT2D eigenvalue weighted by atomic mass is 9.90. The van der Waals surface area contributed by atoms with Crippen LogP contribution in [0.4, 0.5) is 8.78 Å². The molecule has 0 bridgehead atoms. The van der Waals surface area contributed by atoms with Crippen LogP contribution in [-0.2, 0) is 0 Å². The Bertz CT molecular complexity index is 161. The third kappa shape index (κ3) is 1.14. The summed E-state index contributed by atoms with van der Waals surface area (Å²) >= 11 is 0. The van der Waals surface area contributed by atoms with Gasteiger partial charge in [0.2, 0.25) is 0 Å². The Labute approximate surface area is 64.3 Å². The molecule has 2 rings (SSSR count). The van der Waals surface area contributed by atoms with Gasteiger partial charge in [-0.15, -0.1) is 0 Å². The second-order valence-electron chi connectivity index (χ2n) is 3.34.